The minimum Gasteiger partial charge on any atom is -0.454 e. The number of carbonyl (C=O) groups excluding carboxylic acids is 2. The Morgan fingerprint density at radius 1 is 1.10 bits per heavy atom. The zero-order valence-electron chi connectivity index (χ0n) is 17.5. The van der Waals surface area contributed by atoms with Crippen LogP contribution < -0.4 is 19.7 Å². The molecule has 7 heteroatoms. The Balaban J connectivity index is 1.22. The van der Waals surface area contributed by atoms with Crippen molar-refractivity contribution in [2.45, 2.75) is 19.8 Å². The van der Waals surface area contributed by atoms with Gasteiger partial charge in [-0.05, 0) is 66.8 Å². The van der Waals surface area contributed by atoms with E-state index < -0.39 is 5.97 Å². The molecule has 31 heavy (non-hydrogen) atoms. The highest BCUT2D eigenvalue weighted by atomic mass is 16.7. The molecule has 1 N–H and O–H groups in total. The minimum absolute atomic E-state index is 0.194. The number of rotatable bonds is 6. The lowest BCUT2D eigenvalue weighted by Crippen LogP contribution is -2.32. The van der Waals surface area contributed by atoms with Crippen molar-refractivity contribution in [2.24, 2.45) is 5.92 Å². The van der Waals surface area contributed by atoms with Crippen LogP contribution in [0.25, 0.3) is 6.08 Å². The van der Waals surface area contributed by atoms with Gasteiger partial charge in [-0.3, -0.25) is 4.79 Å². The molecule has 2 aliphatic heterocycles. The fraction of sp³-hybridized carbons (Fsp3) is 0.333. The number of esters is 1. The highest BCUT2D eigenvalue weighted by Crippen LogP contribution is 2.32. The van der Waals surface area contributed by atoms with Crippen LogP contribution in [0.4, 0.5) is 11.4 Å². The maximum Gasteiger partial charge on any atom is 0.331 e. The van der Waals surface area contributed by atoms with Gasteiger partial charge in [-0.25, -0.2) is 4.79 Å². The van der Waals surface area contributed by atoms with Crippen molar-refractivity contribution in [1.82, 2.24) is 0 Å². The quantitative estimate of drug-likeness (QED) is 0.563. The first-order valence-corrected chi connectivity index (χ1v) is 10.5. The summed E-state index contributed by atoms with van der Waals surface area (Å²) in [5.74, 6) is 1.11. The molecule has 1 amide bonds. The standard InChI is InChI=1S/C24H26N2O5/c1-17-10-12-26(13-11-17)20-6-4-19(5-7-20)25-23(27)15-29-24(28)9-3-18-2-8-21-22(14-18)31-16-30-21/h2-9,14,17H,10-13,15-16H2,1H3,(H,25,27)/b9-3+. The summed E-state index contributed by atoms with van der Waals surface area (Å²) < 4.78 is 15.6. The highest BCUT2D eigenvalue weighted by Gasteiger charge is 2.16. The molecule has 0 unspecified atom stereocenters. The van der Waals surface area contributed by atoms with Gasteiger partial charge in [-0.15, -0.1) is 0 Å². The summed E-state index contributed by atoms with van der Waals surface area (Å²) in [5, 5.41) is 2.75. The highest BCUT2D eigenvalue weighted by molar-refractivity contribution is 5.94. The molecule has 162 valence electrons. The molecule has 2 aromatic rings. The van der Waals surface area contributed by atoms with Crippen LogP contribution in [-0.2, 0) is 14.3 Å². The van der Waals surface area contributed by atoms with Gasteiger partial charge in [0.2, 0.25) is 6.79 Å². The second kappa shape index (κ2) is 9.55. The number of nitrogens with one attached hydrogen (secondary N) is 1. The normalized spacial score (nSPS) is 15.8. The second-order valence-corrected chi connectivity index (χ2v) is 7.82. The predicted octanol–water partition coefficient (Wildman–Crippen LogP) is 3.85. The van der Waals surface area contributed by atoms with Gasteiger partial charge in [0.1, 0.15) is 0 Å². The lowest BCUT2D eigenvalue weighted by molar-refractivity contribution is -0.142. The van der Waals surface area contributed by atoms with Gasteiger partial charge in [-0.2, -0.15) is 0 Å². The van der Waals surface area contributed by atoms with E-state index in [0.717, 1.165) is 30.3 Å². The number of carbonyl (C=O) groups is 2. The van der Waals surface area contributed by atoms with Crippen molar-refractivity contribution in [3.63, 3.8) is 0 Å². The molecule has 0 saturated carbocycles. The third-order valence-electron chi connectivity index (χ3n) is 5.45. The maximum atomic E-state index is 12.1. The molecule has 0 spiro atoms. The third kappa shape index (κ3) is 5.57. The molecule has 0 bridgehead atoms. The molecule has 0 aromatic heterocycles. The summed E-state index contributed by atoms with van der Waals surface area (Å²) in [7, 11) is 0. The van der Waals surface area contributed by atoms with Crippen LogP contribution in [-0.4, -0.2) is 38.4 Å². The van der Waals surface area contributed by atoms with Gasteiger partial charge in [0.05, 0.1) is 0 Å². The first-order chi connectivity index (χ1) is 15.1. The van der Waals surface area contributed by atoms with E-state index in [4.69, 9.17) is 14.2 Å². The number of hydrogen-bond donors (Lipinski definition) is 1. The van der Waals surface area contributed by atoms with E-state index in [1.165, 1.54) is 18.9 Å². The number of hydrogen-bond acceptors (Lipinski definition) is 6. The number of fused-ring (bicyclic) bond motifs is 1. The molecule has 7 nitrogen and oxygen atoms in total. The Morgan fingerprint density at radius 2 is 1.84 bits per heavy atom. The smallest absolute Gasteiger partial charge is 0.331 e. The van der Waals surface area contributed by atoms with Crippen LogP contribution in [0.2, 0.25) is 0 Å². The first kappa shape index (κ1) is 20.8. The van der Waals surface area contributed by atoms with E-state index in [1.807, 2.05) is 24.3 Å². The molecule has 1 fully saturated rings. The van der Waals surface area contributed by atoms with Gasteiger partial charge in [0, 0.05) is 30.5 Å². The molecular formula is C24H26N2O5. The average molecular weight is 422 g/mol. The molecule has 1 saturated heterocycles. The van der Waals surface area contributed by atoms with Gasteiger partial charge in [0.25, 0.3) is 5.91 Å². The van der Waals surface area contributed by atoms with Gasteiger partial charge < -0.3 is 24.4 Å². The third-order valence-corrected chi connectivity index (χ3v) is 5.45. The first-order valence-electron chi connectivity index (χ1n) is 10.5. The zero-order valence-corrected chi connectivity index (χ0v) is 17.5. The largest absolute Gasteiger partial charge is 0.454 e. The summed E-state index contributed by atoms with van der Waals surface area (Å²) in [6, 6.07) is 13.1. The van der Waals surface area contributed by atoms with E-state index in [0.29, 0.717) is 17.2 Å². The second-order valence-electron chi connectivity index (χ2n) is 7.82. The summed E-state index contributed by atoms with van der Waals surface area (Å²) in [6.07, 6.45) is 5.28. The van der Waals surface area contributed by atoms with E-state index in [9.17, 15) is 9.59 Å². The lowest BCUT2D eigenvalue weighted by Gasteiger charge is -2.32. The Labute approximate surface area is 181 Å². The molecule has 2 aromatic carbocycles. The summed E-state index contributed by atoms with van der Waals surface area (Å²) in [6.45, 7) is 4.25. The Hall–Kier alpha value is -3.48. The molecule has 0 atom stereocenters. The van der Waals surface area contributed by atoms with E-state index in [-0.39, 0.29) is 19.3 Å². The molecule has 4 rings (SSSR count). The van der Waals surface area contributed by atoms with Crippen LogP contribution in [0, 0.1) is 5.92 Å². The van der Waals surface area contributed by atoms with Gasteiger partial charge in [0.15, 0.2) is 18.1 Å². The van der Waals surface area contributed by atoms with Crippen molar-refractivity contribution in [3.8, 4) is 11.5 Å². The number of piperidine rings is 1. The molecule has 0 aliphatic carbocycles. The van der Waals surface area contributed by atoms with Crippen molar-refractivity contribution < 1.29 is 23.8 Å². The Kier molecular flexibility index (Phi) is 6.40. The number of ether oxygens (including phenoxy) is 3. The van der Waals surface area contributed by atoms with Gasteiger partial charge >= 0.3 is 5.97 Å². The van der Waals surface area contributed by atoms with Crippen LogP contribution in [0.3, 0.4) is 0 Å². The summed E-state index contributed by atoms with van der Waals surface area (Å²) >= 11 is 0. The van der Waals surface area contributed by atoms with E-state index in [1.54, 1.807) is 24.3 Å². The number of anilines is 2. The minimum atomic E-state index is -0.595. The van der Waals surface area contributed by atoms with Crippen molar-refractivity contribution >= 4 is 29.3 Å². The summed E-state index contributed by atoms with van der Waals surface area (Å²) in [5.41, 5.74) is 2.60. The molecule has 2 aliphatic rings. The Morgan fingerprint density at radius 3 is 2.61 bits per heavy atom. The molecule has 2 heterocycles. The van der Waals surface area contributed by atoms with Crippen LogP contribution >= 0.6 is 0 Å². The zero-order chi connectivity index (χ0) is 21.6. The molecular weight excluding hydrogens is 396 g/mol. The number of nitrogens with zero attached hydrogens (tertiary/aromatic N) is 1. The number of amides is 1. The lowest BCUT2D eigenvalue weighted by atomic mass is 9.99. The van der Waals surface area contributed by atoms with Crippen molar-refractivity contribution in [3.05, 3.63) is 54.1 Å². The van der Waals surface area contributed by atoms with Crippen molar-refractivity contribution in [2.75, 3.05) is 36.7 Å². The van der Waals surface area contributed by atoms with Crippen LogP contribution in [0.15, 0.2) is 48.5 Å². The SMILES string of the molecule is CC1CCN(c2ccc(NC(=O)COC(=O)/C=C/c3ccc4c(c3)OCO4)cc2)CC1. The van der Waals surface area contributed by atoms with Crippen LogP contribution in [0.1, 0.15) is 25.3 Å². The molecule has 0 radical (unpaired) electrons. The van der Waals surface area contributed by atoms with Crippen LogP contribution in [0.5, 0.6) is 11.5 Å². The predicted molar refractivity (Wildman–Crippen MR) is 118 cm³/mol. The Bertz CT molecular complexity index is 962. The maximum absolute atomic E-state index is 12.1. The van der Waals surface area contributed by atoms with Gasteiger partial charge in [-0.1, -0.05) is 13.0 Å². The summed E-state index contributed by atoms with van der Waals surface area (Å²) in [4.78, 5) is 26.3. The fourth-order valence-electron chi connectivity index (χ4n) is 3.59. The number of benzene rings is 2. The fourth-order valence-corrected chi connectivity index (χ4v) is 3.59. The topological polar surface area (TPSA) is 77.1 Å². The van der Waals surface area contributed by atoms with E-state index >= 15 is 0 Å². The monoisotopic (exact) mass is 422 g/mol. The van der Waals surface area contributed by atoms with E-state index in [2.05, 4.69) is 17.1 Å². The van der Waals surface area contributed by atoms with Crippen molar-refractivity contribution in [1.29, 1.82) is 0 Å². The average Bonchev–Trinajstić information content (AvgIpc) is 3.25.